The SMILES string of the molecule is CC(C)(C)OC(=O)N[C@@H](CO)Cc1ccccc1Br. The maximum Gasteiger partial charge on any atom is 0.407 e. The lowest BCUT2D eigenvalue weighted by molar-refractivity contribution is 0.0483. The number of hydrogen-bond donors (Lipinski definition) is 2. The highest BCUT2D eigenvalue weighted by atomic mass is 79.9. The molecule has 1 aromatic rings. The molecule has 1 amide bonds. The van der Waals surface area contributed by atoms with E-state index in [1.54, 1.807) is 20.8 Å². The van der Waals surface area contributed by atoms with Crippen LogP contribution in [0.1, 0.15) is 26.3 Å². The number of amides is 1. The average Bonchev–Trinajstić information content (AvgIpc) is 2.28. The number of ether oxygens (including phenoxy) is 1. The molecule has 1 aromatic carbocycles. The van der Waals surface area contributed by atoms with Gasteiger partial charge in [-0.2, -0.15) is 0 Å². The highest BCUT2D eigenvalue weighted by Crippen LogP contribution is 2.17. The molecule has 0 aliphatic heterocycles. The van der Waals surface area contributed by atoms with Crippen LogP contribution in [0.5, 0.6) is 0 Å². The Hall–Kier alpha value is -1.07. The summed E-state index contributed by atoms with van der Waals surface area (Å²) in [7, 11) is 0. The van der Waals surface area contributed by atoms with Crippen LogP contribution in [0.3, 0.4) is 0 Å². The van der Waals surface area contributed by atoms with Crippen LogP contribution in [-0.4, -0.2) is 29.4 Å². The van der Waals surface area contributed by atoms with E-state index >= 15 is 0 Å². The molecule has 4 nitrogen and oxygen atoms in total. The summed E-state index contributed by atoms with van der Waals surface area (Å²) < 4.78 is 6.12. The van der Waals surface area contributed by atoms with Crippen LogP contribution in [0.2, 0.25) is 0 Å². The summed E-state index contributed by atoms with van der Waals surface area (Å²) in [6.07, 6.45) is 0.0237. The maximum atomic E-state index is 11.6. The zero-order chi connectivity index (χ0) is 14.5. The molecule has 1 atom stereocenters. The van der Waals surface area contributed by atoms with Crippen molar-refractivity contribution in [3.63, 3.8) is 0 Å². The summed E-state index contributed by atoms with van der Waals surface area (Å²) in [5, 5.41) is 12.0. The predicted molar refractivity (Wildman–Crippen MR) is 78.1 cm³/mol. The number of benzene rings is 1. The van der Waals surface area contributed by atoms with Crippen molar-refractivity contribution in [1.82, 2.24) is 5.32 Å². The molecule has 5 heteroatoms. The largest absolute Gasteiger partial charge is 0.444 e. The van der Waals surface area contributed by atoms with Gasteiger partial charge in [-0.25, -0.2) is 4.79 Å². The van der Waals surface area contributed by atoms with Crippen molar-refractivity contribution in [2.45, 2.75) is 38.8 Å². The van der Waals surface area contributed by atoms with Gasteiger partial charge in [0.15, 0.2) is 0 Å². The van der Waals surface area contributed by atoms with Crippen molar-refractivity contribution in [3.8, 4) is 0 Å². The molecule has 0 spiro atoms. The highest BCUT2D eigenvalue weighted by Gasteiger charge is 2.19. The first kappa shape index (κ1) is 16.0. The van der Waals surface area contributed by atoms with E-state index in [0.717, 1.165) is 10.0 Å². The number of aliphatic hydroxyl groups is 1. The monoisotopic (exact) mass is 329 g/mol. The topological polar surface area (TPSA) is 58.6 Å². The summed E-state index contributed by atoms with van der Waals surface area (Å²) in [6, 6.07) is 7.35. The van der Waals surface area contributed by atoms with E-state index in [9.17, 15) is 9.90 Å². The molecule has 0 saturated heterocycles. The number of nitrogens with one attached hydrogen (secondary N) is 1. The molecule has 0 aliphatic rings. The predicted octanol–water partition coefficient (Wildman–Crippen LogP) is 2.88. The average molecular weight is 330 g/mol. The molecule has 106 valence electrons. The van der Waals surface area contributed by atoms with E-state index in [-0.39, 0.29) is 12.6 Å². The Kier molecular flexibility index (Phi) is 5.82. The van der Waals surface area contributed by atoms with Crippen LogP contribution >= 0.6 is 15.9 Å². The van der Waals surface area contributed by atoms with E-state index < -0.39 is 11.7 Å². The van der Waals surface area contributed by atoms with Crippen molar-refractivity contribution < 1.29 is 14.6 Å². The van der Waals surface area contributed by atoms with Gasteiger partial charge in [0.1, 0.15) is 5.60 Å². The zero-order valence-corrected chi connectivity index (χ0v) is 13.0. The van der Waals surface area contributed by atoms with E-state index in [1.807, 2.05) is 24.3 Å². The van der Waals surface area contributed by atoms with Crippen LogP contribution in [0.25, 0.3) is 0 Å². The third kappa shape index (κ3) is 6.07. The molecule has 0 aromatic heterocycles. The van der Waals surface area contributed by atoms with Gasteiger partial charge in [-0.05, 0) is 38.8 Å². The van der Waals surface area contributed by atoms with E-state index in [4.69, 9.17) is 4.74 Å². The van der Waals surface area contributed by atoms with Gasteiger partial charge in [0, 0.05) is 4.47 Å². The van der Waals surface area contributed by atoms with E-state index in [0.29, 0.717) is 6.42 Å². The van der Waals surface area contributed by atoms with Gasteiger partial charge in [0.25, 0.3) is 0 Å². The number of aliphatic hydroxyl groups excluding tert-OH is 1. The van der Waals surface area contributed by atoms with E-state index in [2.05, 4.69) is 21.2 Å². The van der Waals surface area contributed by atoms with Crippen LogP contribution in [-0.2, 0) is 11.2 Å². The Labute approximate surface area is 122 Å². The summed E-state index contributed by atoms with van der Waals surface area (Å²) in [6.45, 7) is 5.26. The minimum atomic E-state index is -0.544. The number of alkyl carbamates (subject to hydrolysis) is 1. The number of carbonyl (C=O) groups excluding carboxylic acids is 1. The van der Waals surface area contributed by atoms with Gasteiger partial charge in [-0.3, -0.25) is 0 Å². The fourth-order valence-electron chi connectivity index (χ4n) is 1.56. The molecule has 0 saturated carbocycles. The molecule has 0 aliphatic carbocycles. The van der Waals surface area contributed by atoms with Gasteiger partial charge in [-0.1, -0.05) is 34.1 Å². The molecule has 0 fully saturated rings. The molecule has 1 rings (SSSR count). The summed E-state index contributed by atoms with van der Waals surface area (Å²) >= 11 is 3.44. The lowest BCUT2D eigenvalue weighted by Gasteiger charge is -2.23. The Morgan fingerprint density at radius 2 is 2.05 bits per heavy atom. The molecule has 0 radical (unpaired) electrons. The molecule has 0 bridgehead atoms. The van der Waals surface area contributed by atoms with Gasteiger partial charge in [0.05, 0.1) is 12.6 Å². The zero-order valence-electron chi connectivity index (χ0n) is 11.4. The Balaban J connectivity index is 2.60. The van der Waals surface area contributed by atoms with Gasteiger partial charge >= 0.3 is 6.09 Å². The second kappa shape index (κ2) is 6.91. The summed E-state index contributed by atoms with van der Waals surface area (Å²) in [4.78, 5) is 11.6. The highest BCUT2D eigenvalue weighted by molar-refractivity contribution is 9.10. The van der Waals surface area contributed by atoms with Gasteiger partial charge in [-0.15, -0.1) is 0 Å². The molecule has 0 unspecified atom stereocenters. The first-order chi connectivity index (χ1) is 8.81. The van der Waals surface area contributed by atoms with Crippen LogP contribution in [0.4, 0.5) is 4.79 Å². The minimum absolute atomic E-state index is 0.138. The van der Waals surface area contributed by atoms with Crippen LogP contribution in [0.15, 0.2) is 28.7 Å². The molecule has 0 heterocycles. The Morgan fingerprint density at radius 3 is 2.58 bits per heavy atom. The fourth-order valence-corrected chi connectivity index (χ4v) is 2.01. The van der Waals surface area contributed by atoms with Gasteiger partial charge < -0.3 is 15.2 Å². The van der Waals surface area contributed by atoms with Crippen LogP contribution in [0, 0.1) is 0 Å². The lowest BCUT2D eigenvalue weighted by atomic mass is 10.1. The minimum Gasteiger partial charge on any atom is -0.444 e. The molecule has 19 heavy (non-hydrogen) atoms. The smallest absolute Gasteiger partial charge is 0.407 e. The standard InChI is InChI=1S/C14H20BrNO3/c1-14(2,3)19-13(18)16-11(9-17)8-10-6-4-5-7-12(10)15/h4-7,11,17H,8-9H2,1-3H3,(H,16,18)/t11-/m1/s1. The Morgan fingerprint density at radius 1 is 1.42 bits per heavy atom. The van der Waals surface area contributed by atoms with Crippen molar-refractivity contribution in [2.75, 3.05) is 6.61 Å². The number of rotatable bonds is 4. The molecular weight excluding hydrogens is 310 g/mol. The molecule has 2 N–H and O–H groups in total. The number of carbonyl (C=O) groups is 1. The first-order valence-corrected chi connectivity index (χ1v) is 6.95. The van der Waals surface area contributed by atoms with Crippen molar-refractivity contribution in [1.29, 1.82) is 0 Å². The lowest BCUT2D eigenvalue weighted by Crippen LogP contribution is -2.42. The summed E-state index contributed by atoms with van der Waals surface area (Å²) in [5.41, 5.74) is 0.481. The van der Waals surface area contributed by atoms with Gasteiger partial charge in [0.2, 0.25) is 0 Å². The second-order valence-electron chi connectivity index (χ2n) is 5.32. The quantitative estimate of drug-likeness (QED) is 0.892. The number of halogens is 1. The van der Waals surface area contributed by atoms with Crippen molar-refractivity contribution in [2.24, 2.45) is 0 Å². The second-order valence-corrected chi connectivity index (χ2v) is 6.18. The summed E-state index contributed by atoms with van der Waals surface area (Å²) in [5.74, 6) is 0. The Bertz CT molecular complexity index is 429. The normalized spacial score (nSPS) is 12.9. The van der Waals surface area contributed by atoms with Crippen molar-refractivity contribution >= 4 is 22.0 Å². The fraction of sp³-hybridized carbons (Fsp3) is 0.500. The third-order valence-electron chi connectivity index (χ3n) is 2.37. The molecular formula is C14H20BrNO3. The maximum absolute atomic E-state index is 11.6. The van der Waals surface area contributed by atoms with Crippen LogP contribution < -0.4 is 5.32 Å². The first-order valence-electron chi connectivity index (χ1n) is 6.15. The number of hydrogen-bond acceptors (Lipinski definition) is 3. The van der Waals surface area contributed by atoms with Crippen molar-refractivity contribution in [3.05, 3.63) is 34.3 Å². The van der Waals surface area contributed by atoms with E-state index in [1.165, 1.54) is 0 Å². The third-order valence-corrected chi connectivity index (χ3v) is 3.14.